The molecule has 4 aromatic rings. The van der Waals surface area contributed by atoms with Gasteiger partial charge in [0, 0.05) is 35.3 Å². The molecule has 1 aromatic heterocycles. The summed E-state index contributed by atoms with van der Waals surface area (Å²) in [6.45, 7) is 14.5. The monoisotopic (exact) mass is 468 g/mol. The van der Waals surface area contributed by atoms with E-state index >= 15 is 0 Å². The zero-order chi connectivity index (χ0) is 25.4. The van der Waals surface area contributed by atoms with Crippen molar-refractivity contribution in [3.05, 3.63) is 95.2 Å². The van der Waals surface area contributed by atoms with E-state index in [1.54, 1.807) is 6.07 Å². The number of aromatic nitrogens is 1. The highest BCUT2D eigenvalue weighted by Crippen LogP contribution is 2.39. The molecule has 0 saturated carbocycles. The number of phenols is 1. The van der Waals surface area contributed by atoms with E-state index in [1.165, 1.54) is 16.5 Å². The van der Waals surface area contributed by atoms with Crippen LogP contribution in [-0.2, 0) is 6.54 Å². The van der Waals surface area contributed by atoms with Gasteiger partial charge >= 0.3 is 0 Å². The molecule has 0 saturated heterocycles. The second-order valence-corrected chi connectivity index (χ2v) is 8.86. The molecule has 3 heteroatoms. The normalized spacial score (nSPS) is 11.9. The first-order valence-electron chi connectivity index (χ1n) is 13.0. The van der Waals surface area contributed by atoms with Crippen molar-refractivity contribution >= 4 is 10.8 Å². The van der Waals surface area contributed by atoms with Gasteiger partial charge < -0.3 is 5.11 Å². The van der Waals surface area contributed by atoms with Crippen LogP contribution in [0.5, 0.6) is 5.75 Å². The molecule has 0 aliphatic rings. The summed E-state index contributed by atoms with van der Waals surface area (Å²) in [7, 11) is 0. The molecule has 0 spiro atoms. The largest absolute Gasteiger partial charge is 0.508 e. The SMILES string of the molecule is CC.CCCC(c1cnc(-c2c(C)ccc(O)c2C)c2ccccc12)N(CC)Cc1ccccc1. The van der Waals surface area contributed by atoms with Crippen molar-refractivity contribution < 1.29 is 5.11 Å². The maximum Gasteiger partial charge on any atom is 0.119 e. The smallest absolute Gasteiger partial charge is 0.119 e. The van der Waals surface area contributed by atoms with E-state index in [2.05, 4.69) is 86.5 Å². The van der Waals surface area contributed by atoms with Crippen LogP contribution in [0.15, 0.2) is 72.9 Å². The summed E-state index contributed by atoms with van der Waals surface area (Å²) in [4.78, 5) is 7.59. The number of rotatable bonds is 8. The van der Waals surface area contributed by atoms with E-state index in [-0.39, 0.29) is 6.04 Å². The average Bonchev–Trinajstić information content (AvgIpc) is 2.90. The van der Waals surface area contributed by atoms with Crippen LogP contribution in [0, 0.1) is 13.8 Å². The number of nitrogens with zero attached hydrogens (tertiary/aromatic N) is 2. The van der Waals surface area contributed by atoms with Crippen LogP contribution in [0.3, 0.4) is 0 Å². The molecule has 3 aromatic carbocycles. The summed E-state index contributed by atoms with van der Waals surface area (Å²) >= 11 is 0. The molecule has 0 fully saturated rings. The minimum atomic E-state index is 0.290. The summed E-state index contributed by atoms with van der Waals surface area (Å²) < 4.78 is 0. The lowest BCUT2D eigenvalue weighted by atomic mass is 9.91. The molecule has 4 rings (SSSR count). The predicted octanol–water partition coefficient (Wildman–Crippen LogP) is 8.61. The Morgan fingerprint density at radius 1 is 0.857 bits per heavy atom. The highest BCUT2D eigenvalue weighted by Gasteiger charge is 2.23. The Balaban J connectivity index is 0.00000167. The van der Waals surface area contributed by atoms with Crippen molar-refractivity contribution in [2.75, 3.05) is 6.54 Å². The van der Waals surface area contributed by atoms with Gasteiger partial charge in [0.2, 0.25) is 0 Å². The standard InChI is InChI=1S/C30H34N2O.C2H6/c1-5-12-27(32(6-2)20-23-13-8-7-9-14-23)26-19-31-30(25-16-11-10-15-24(25)26)29-21(3)17-18-28(33)22(29)4;1-2/h7-11,13-19,27,33H,5-6,12,20H2,1-4H3;1-2H3. The summed E-state index contributed by atoms with van der Waals surface area (Å²) in [5, 5.41) is 12.8. The van der Waals surface area contributed by atoms with Crippen LogP contribution < -0.4 is 0 Å². The Kier molecular flexibility index (Phi) is 9.45. The molecule has 0 aliphatic heterocycles. The van der Waals surface area contributed by atoms with Crippen LogP contribution in [-0.4, -0.2) is 21.5 Å². The Morgan fingerprint density at radius 3 is 2.17 bits per heavy atom. The van der Waals surface area contributed by atoms with Crippen LogP contribution in [0.1, 0.15) is 68.8 Å². The molecule has 1 unspecified atom stereocenters. The number of phenolic OH excluding ortho intramolecular Hbond substituents is 1. The van der Waals surface area contributed by atoms with E-state index in [1.807, 2.05) is 26.8 Å². The molecule has 35 heavy (non-hydrogen) atoms. The molecule has 0 aliphatic carbocycles. The Morgan fingerprint density at radius 2 is 1.51 bits per heavy atom. The number of aryl methyl sites for hydroxylation is 1. The van der Waals surface area contributed by atoms with Crippen LogP contribution in [0.2, 0.25) is 0 Å². The van der Waals surface area contributed by atoms with E-state index < -0.39 is 0 Å². The molecule has 0 bridgehead atoms. The van der Waals surface area contributed by atoms with Gasteiger partial charge in [-0.25, -0.2) is 0 Å². The molecule has 1 N–H and O–H groups in total. The molecule has 184 valence electrons. The van der Waals surface area contributed by atoms with Crippen LogP contribution in [0.4, 0.5) is 0 Å². The van der Waals surface area contributed by atoms with Gasteiger partial charge in [0.25, 0.3) is 0 Å². The van der Waals surface area contributed by atoms with E-state index in [4.69, 9.17) is 4.98 Å². The van der Waals surface area contributed by atoms with Crippen molar-refractivity contribution in [1.29, 1.82) is 0 Å². The lowest BCUT2D eigenvalue weighted by Gasteiger charge is -2.32. The maximum atomic E-state index is 10.4. The first-order chi connectivity index (χ1) is 17.0. The average molecular weight is 469 g/mol. The molecule has 1 heterocycles. The zero-order valence-electron chi connectivity index (χ0n) is 22.2. The first kappa shape index (κ1) is 26.4. The van der Waals surface area contributed by atoms with Crippen molar-refractivity contribution in [1.82, 2.24) is 9.88 Å². The Bertz CT molecular complexity index is 1230. The van der Waals surface area contributed by atoms with Gasteiger partial charge in [0.1, 0.15) is 5.75 Å². The lowest BCUT2D eigenvalue weighted by molar-refractivity contribution is 0.188. The van der Waals surface area contributed by atoms with Crippen molar-refractivity contribution in [3.8, 4) is 17.0 Å². The fourth-order valence-corrected chi connectivity index (χ4v) is 4.95. The molecular formula is C32H40N2O. The second kappa shape index (κ2) is 12.5. The molecule has 0 radical (unpaired) electrons. The zero-order valence-corrected chi connectivity index (χ0v) is 22.2. The maximum absolute atomic E-state index is 10.4. The lowest BCUT2D eigenvalue weighted by Crippen LogP contribution is -2.28. The van der Waals surface area contributed by atoms with Gasteiger partial charge in [-0.2, -0.15) is 0 Å². The van der Waals surface area contributed by atoms with E-state index in [0.29, 0.717) is 5.75 Å². The highest BCUT2D eigenvalue weighted by atomic mass is 16.3. The minimum absolute atomic E-state index is 0.290. The fourth-order valence-electron chi connectivity index (χ4n) is 4.95. The van der Waals surface area contributed by atoms with Gasteiger partial charge in [-0.05, 0) is 55.0 Å². The Hall–Kier alpha value is -3.17. The predicted molar refractivity (Wildman–Crippen MR) is 150 cm³/mol. The third-order valence-electron chi connectivity index (χ3n) is 6.70. The fraction of sp³-hybridized carbons (Fsp3) is 0.344. The van der Waals surface area contributed by atoms with Crippen LogP contribution >= 0.6 is 0 Å². The number of fused-ring (bicyclic) bond motifs is 1. The minimum Gasteiger partial charge on any atom is -0.508 e. The number of aromatic hydroxyl groups is 1. The number of hydrogen-bond acceptors (Lipinski definition) is 3. The summed E-state index contributed by atoms with van der Waals surface area (Å²) in [5.74, 6) is 0.314. The molecular weight excluding hydrogens is 428 g/mol. The summed E-state index contributed by atoms with van der Waals surface area (Å²) in [6, 6.07) is 23.3. The number of pyridine rings is 1. The number of hydrogen-bond donors (Lipinski definition) is 1. The van der Waals surface area contributed by atoms with Crippen LogP contribution in [0.25, 0.3) is 22.0 Å². The third kappa shape index (κ3) is 5.74. The Labute approximate surface area is 211 Å². The molecule has 1 atom stereocenters. The molecule has 0 amide bonds. The quantitative estimate of drug-likeness (QED) is 0.281. The summed E-state index contributed by atoms with van der Waals surface area (Å²) in [6.07, 6.45) is 4.27. The molecule has 3 nitrogen and oxygen atoms in total. The van der Waals surface area contributed by atoms with Crippen molar-refractivity contribution in [2.24, 2.45) is 0 Å². The van der Waals surface area contributed by atoms with Crippen molar-refractivity contribution in [3.63, 3.8) is 0 Å². The first-order valence-corrected chi connectivity index (χ1v) is 13.0. The second-order valence-electron chi connectivity index (χ2n) is 8.86. The van der Waals surface area contributed by atoms with E-state index in [0.717, 1.165) is 53.7 Å². The highest BCUT2D eigenvalue weighted by molar-refractivity contribution is 5.98. The van der Waals surface area contributed by atoms with Gasteiger partial charge in [0.05, 0.1) is 5.69 Å². The van der Waals surface area contributed by atoms with Gasteiger partial charge in [-0.3, -0.25) is 9.88 Å². The summed E-state index contributed by atoms with van der Waals surface area (Å²) in [5.41, 5.74) is 6.60. The van der Waals surface area contributed by atoms with Crippen molar-refractivity contribution in [2.45, 2.75) is 67.0 Å². The number of benzene rings is 3. The third-order valence-corrected chi connectivity index (χ3v) is 6.70. The van der Waals surface area contributed by atoms with Gasteiger partial charge in [-0.15, -0.1) is 0 Å². The van der Waals surface area contributed by atoms with E-state index in [9.17, 15) is 5.11 Å². The topological polar surface area (TPSA) is 36.4 Å². The van der Waals surface area contributed by atoms with Gasteiger partial charge in [-0.1, -0.05) is 94.8 Å². The van der Waals surface area contributed by atoms with Gasteiger partial charge in [0.15, 0.2) is 0 Å².